The van der Waals surface area contributed by atoms with Crippen molar-refractivity contribution >= 4 is 29.4 Å². The number of hydrogen-bond acceptors (Lipinski definition) is 3. The number of halogens is 1. The molecule has 5 rings (SSSR count). The summed E-state index contributed by atoms with van der Waals surface area (Å²) < 4.78 is 6.43. The van der Waals surface area contributed by atoms with E-state index < -0.39 is 11.6 Å². The summed E-state index contributed by atoms with van der Waals surface area (Å²) in [5, 5.41) is 0.647. The van der Waals surface area contributed by atoms with E-state index in [1.807, 2.05) is 36.4 Å². The summed E-state index contributed by atoms with van der Waals surface area (Å²) in [4.78, 5) is 28.4. The first kappa shape index (κ1) is 18.4. The zero-order chi connectivity index (χ0) is 20.2. The number of ketones is 1. The van der Waals surface area contributed by atoms with Gasteiger partial charge >= 0.3 is 0 Å². The van der Waals surface area contributed by atoms with E-state index in [9.17, 15) is 9.59 Å². The minimum Gasteiger partial charge on any atom is -0.467 e. The van der Waals surface area contributed by atoms with Crippen molar-refractivity contribution in [1.29, 1.82) is 0 Å². The van der Waals surface area contributed by atoms with Gasteiger partial charge in [0.25, 0.3) is 0 Å². The number of hydrogen-bond donors (Lipinski definition) is 0. The summed E-state index contributed by atoms with van der Waals surface area (Å²) >= 11 is 5.94. The first-order chi connectivity index (χ1) is 14.0. The Morgan fingerprint density at radius 2 is 1.97 bits per heavy atom. The van der Waals surface area contributed by atoms with Crippen LogP contribution in [0.2, 0.25) is 5.02 Å². The molecule has 2 bridgehead atoms. The van der Waals surface area contributed by atoms with Crippen molar-refractivity contribution in [2.75, 3.05) is 7.05 Å². The van der Waals surface area contributed by atoms with E-state index >= 15 is 0 Å². The van der Waals surface area contributed by atoms with Gasteiger partial charge in [0, 0.05) is 30.3 Å². The van der Waals surface area contributed by atoms with Gasteiger partial charge in [0.1, 0.15) is 11.7 Å². The first-order valence-corrected chi connectivity index (χ1v) is 10.4. The van der Waals surface area contributed by atoms with Gasteiger partial charge < -0.3 is 9.64 Å². The molecular weight excluding hydrogens is 386 g/mol. The van der Waals surface area contributed by atoms with Gasteiger partial charge in [-0.05, 0) is 48.2 Å². The van der Waals surface area contributed by atoms with Crippen molar-refractivity contribution < 1.29 is 14.3 Å². The number of carbonyl (C=O) groups is 2. The van der Waals surface area contributed by atoms with Crippen LogP contribution in [0.25, 0.3) is 6.08 Å². The highest BCUT2D eigenvalue weighted by molar-refractivity contribution is 6.30. The van der Waals surface area contributed by atoms with Crippen LogP contribution in [0.3, 0.4) is 0 Å². The second-order valence-corrected chi connectivity index (χ2v) is 8.61. The van der Waals surface area contributed by atoms with E-state index in [0.29, 0.717) is 5.02 Å². The minimum absolute atomic E-state index is 0.137. The van der Waals surface area contributed by atoms with Crippen LogP contribution in [0.15, 0.2) is 54.6 Å². The molecule has 0 spiro atoms. The second-order valence-electron chi connectivity index (χ2n) is 8.17. The summed E-state index contributed by atoms with van der Waals surface area (Å²) in [6.45, 7) is 0. The molecule has 1 aliphatic carbocycles. The molecule has 2 aromatic rings. The van der Waals surface area contributed by atoms with Crippen molar-refractivity contribution in [1.82, 2.24) is 4.90 Å². The van der Waals surface area contributed by atoms with Crippen LogP contribution >= 0.6 is 11.6 Å². The van der Waals surface area contributed by atoms with E-state index in [1.165, 1.54) is 0 Å². The van der Waals surface area contributed by atoms with E-state index in [4.69, 9.17) is 16.3 Å². The Morgan fingerprint density at radius 3 is 2.76 bits per heavy atom. The van der Waals surface area contributed by atoms with Crippen molar-refractivity contribution in [2.45, 2.75) is 30.9 Å². The Labute approximate surface area is 175 Å². The highest BCUT2D eigenvalue weighted by Gasteiger charge is 2.64. The summed E-state index contributed by atoms with van der Waals surface area (Å²) in [5.74, 6) is -0.224. The predicted molar refractivity (Wildman–Crippen MR) is 112 cm³/mol. The molecular formula is C24H22ClNO3. The summed E-state index contributed by atoms with van der Waals surface area (Å²) in [7, 11) is 1.79. The van der Waals surface area contributed by atoms with Crippen LogP contribution < -0.4 is 4.74 Å². The molecule has 29 heavy (non-hydrogen) atoms. The molecule has 2 heterocycles. The standard InChI is InChI=1S/C24H22ClNO3/c1-26-23(28)22(19(27)13-10-15-8-11-16(25)12-9-15)21-17-5-2-3-7-20(17)29-24(26)14-4-6-18(21)24/h2-3,5,7-13,18,21-22H,4,6,14H2,1H3. The molecule has 1 amide bonds. The van der Waals surface area contributed by atoms with Crippen LogP contribution in [-0.2, 0) is 9.59 Å². The Morgan fingerprint density at radius 1 is 1.21 bits per heavy atom. The number of allylic oxidation sites excluding steroid dienone is 1. The van der Waals surface area contributed by atoms with E-state index in [-0.39, 0.29) is 23.5 Å². The van der Waals surface area contributed by atoms with Crippen LogP contribution in [0.4, 0.5) is 0 Å². The number of carbonyl (C=O) groups excluding carboxylic acids is 2. The number of para-hydroxylation sites is 1. The SMILES string of the molecule is CN1C(=O)C(C(=O)C=Cc2ccc(Cl)cc2)C2c3ccccc3OC13CCCC23. The maximum absolute atomic E-state index is 13.4. The van der Waals surface area contributed by atoms with Gasteiger partial charge in [-0.3, -0.25) is 9.59 Å². The average Bonchev–Trinajstić information content (AvgIpc) is 3.17. The van der Waals surface area contributed by atoms with E-state index in [1.54, 1.807) is 36.2 Å². The Kier molecular flexibility index (Phi) is 4.28. The molecule has 0 aromatic heterocycles. The Balaban J connectivity index is 1.55. The van der Waals surface area contributed by atoms with Crippen LogP contribution in [0, 0.1) is 11.8 Å². The number of piperidine rings is 1. The van der Waals surface area contributed by atoms with E-state index in [0.717, 1.165) is 36.1 Å². The van der Waals surface area contributed by atoms with Gasteiger partial charge in [0.2, 0.25) is 5.91 Å². The molecule has 1 saturated heterocycles. The smallest absolute Gasteiger partial charge is 0.236 e. The molecule has 0 radical (unpaired) electrons. The summed E-state index contributed by atoms with van der Waals surface area (Å²) in [6.07, 6.45) is 6.06. The third kappa shape index (κ3) is 2.73. The molecule has 1 saturated carbocycles. The van der Waals surface area contributed by atoms with Crippen molar-refractivity contribution in [3.05, 3.63) is 70.8 Å². The lowest BCUT2D eigenvalue weighted by molar-refractivity contribution is -0.184. The summed E-state index contributed by atoms with van der Waals surface area (Å²) in [5.41, 5.74) is 1.24. The Bertz CT molecular complexity index is 1020. The Hall–Kier alpha value is -2.59. The number of fused-ring (bicyclic) bond motifs is 2. The molecule has 5 heteroatoms. The van der Waals surface area contributed by atoms with Gasteiger partial charge in [0.15, 0.2) is 11.5 Å². The highest BCUT2D eigenvalue weighted by atomic mass is 35.5. The molecule has 3 aliphatic rings. The predicted octanol–water partition coefficient (Wildman–Crippen LogP) is 4.68. The number of benzene rings is 2. The zero-order valence-corrected chi connectivity index (χ0v) is 16.9. The molecule has 0 N–H and O–H groups in total. The molecule has 2 fully saturated rings. The lowest BCUT2D eigenvalue weighted by atomic mass is 9.66. The van der Waals surface area contributed by atoms with Gasteiger partial charge in [-0.25, -0.2) is 0 Å². The third-order valence-corrected chi connectivity index (χ3v) is 7.02. The number of nitrogens with zero attached hydrogens (tertiary/aromatic N) is 1. The fourth-order valence-corrected chi connectivity index (χ4v) is 5.56. The highest BCUT2D eigenvalue weighted by Crippen LogP contribution is 2.59. The van der Waals surface area contributed by atoms with Crippen molar-refractivity contribution in [2.24, 2.45) is 11.8 Å². The number of rotatable bonds is 3. The number of ether oxygens (including phenoxy) is 1. The number of likely N-dealkylation sites (tertiary alicyclic amines) is 1. The van der Waals surface area contributed by atoms with E-state index in [2.05, 4.69) is 0 Å². The third-order valence-electron chi connectivity index (χ3n) is 6.77. The maximum Gasteiger partial charge on any atom is 0.236 e. The van der Waals surface area contributed by atoms with Gasteiger partial charge in [0.05, 0.1) is 0 Å². The monoisotopic (exact) mass is 407 g/mol. The minimum atomic E-state index is -0.718. The second kappa shape index (κ2) is 6.74. The molecule has 148 valence electrons. The maximum atomic E-state index is 13.4. The lowest BCUT2D eigenvalue weighted by Crippen LogP contribution is -2.66. The normalized spacial score (nSPS) is 30.1. The molecule has 2 aliphatic heterocycles. The van der Waals surface area contributed by atoms with Crippen molar-refractivity contribution in [3.8, 4) is 5.75 Å². The van der Waals surface area contributed by atoms with Gasteiger partial charge in [-0.1, -0.05) is 48.0 Å². The quantitative estimate of drug-likeness (QED) is 0.548. The van der Waals surface area contributed by atoms with Gasteiger partial charge in [-0.2, -0.15) is 0 Å². The molecule has 4 atom stereocenters. The lowest BCUT2D eigenvalue weighted by Gasteiger charge is -2.55. The van der Waals surface area contributed by atoms with Crippen molar-refractivity contribution in [3.63, 3.8) is 0 Å². The van der Waals surface area contributed by atoms with Crippen LogP contribution in [-0.4, -0.2) is 29.4 Å². The fraction of sp³-hybridized carbons (Fsp3) is 0.333. The molecule has 2 aromatic carbocycles. The largest absolute Gasteiger partial charge is 0.467 e. The molecule has 4 unspecified atom stereocenters. The van der Waals surface area contributed by atoms with Crippen LogP contribution in [0.1, 0.15) is 36.3 Å². The molecule has 4 nitrogen and oxygen atoms in total. The zero-order valence-electron chi connectivity index (χ0n) is 16.2. The first-order valence-electron chi connectivity index (χ1n) is 10.0. The summed E-state index contributed by atoms with van der Waals surface area (Å²) in [6, 6.07) is 15.1. The average molecular weight is 408 g/mol. The number of amides is 1. The fourth-order valence-electron chi connectivity index (χ4n) is 5.43. The van der Waals surface area contributed by atoms with Crippen LogP contribution in [0.5, 0.6) is 5.75 Å². The topological polar surface area (TPSA) is 46.6 Å². The van der Waals surface area contributed by atoms with Gasteiger partial charge in [-0.15, -0.1) is 0 Å².